The summed E-state index contributed by atoms with van der Waals surface area (Å²) < 4.78 is 0. The van der Waals surface area contributed by atoms with Crippen molar-refractivity contribution in [3.8, 4) is 11.1 Å². The van der Waals surface area contributed by atoms with Crippen molar-refractivity contribution in [2.24, 2.45) is 10.9 Å². The van der Waals surface area contributed by atoms with Crippen LogP contribution in [0.5, 0.6) is 0 Å². The van der Waals surface area contributed by atoms with Crippen LogP contribution in [-0.4, -0.2) is 11.8 Å². The van der Waals surface area contributed by atoms with Crippen LogP contribution in [0.15, 0.2) is 84.0 Å². The zero-order valence-electron chi connectivity index (χ0n) is 13.8. The monoisotopic (exact) mass is 330 g/mol. The number of benzene rings is 3. The average molecular weight is 330 g/mol. The Morgan fingerprint density at radius 1 is 0.840 bits per heavy atom. The molecule has 0 aromatic heterocycles. The van der Waals surface area contributed by atoms with E-state index < -0.39 is 5.97 Å². The molecular weight excluding hydrogens is 312 g/mol. The molecule has 0 aliphatic rings. The van der Waals surface area contributed by atoms with Crippen LogP contribution in [0.4, 0.5) is 0 Å². The Morgan fingerprint density at radius 2 is 1.52 bits per heavy atom. The van der Waals surface area contributed by atoms with Gasteiger partial charge in [0.05, 0.1) is 5.56 Å². The molecule has 0 aliphatic heterocycles. The fraction of sp³-hybridized carbons (Fsp3) is 0.0476. The van der Waals surface area contributed by atoms with E-state index in [1.54, 1.807) is 12.1 Å². The van der Waals surface area contributed by atoms with E-state index in [0.717, 1.165) is 16.7 Å². The molecular formula is C21H18N2O2. The first kappa shape index (κ1) is 16.5. The van der Waals surface area contributed by atoms with E-state index in [1.807, 2.05) is 73.7 Å². The van der Waals surface area contributed by atoms with Crippen LogP contribution in [0.25, 0.3) is 11.1 Å². The summed E-state index contributed by atoms with van der Waals surface area (Å²) in [5.74, 6) is -0.381. The van der Waals surface area contributed by atoms with Gasteiger partial charge in [-0.25, -0.2) is 4.79 Å². The molecule has 0 saturated carbocycles. The molecule has 25 heavy (non-hydrogen) atoms. The quantitative estimate of drug-likeness (QED) is 0.338. The van der Waals surface area contributed by atoms with Gasteiger partial charge >= 0.3 is 5.97 Å². The lowest BCUT2D eigenvalue weighted by Gasteiger charge is -2.04. The van der Waals surface area contributed by atoms with Gasteiger partial charge in [0.2, 0.25) is 0 Å². The summed E-state index contributed by atoms with van der Waals surface area (Å²) in [6, 6.07) is 24.6. The smallest absolute Gasteiger partial charge is 0.365 e. The minimum atomic E-state index is -0.546. The lowest BCUT2D eigenvalue weighted by atomic mass is 10.0. The molecule has 124 valence electrons. The SMILES string of the molecule is Cc1cccc(/C(N)=N/OC(=O)c2ccc(-c3ccccc3)cc2)c1. The number of aryl methyl sites for hydroxylation is 1. The fourth-order valence-corrected chi connectivity index (χ4v) is 2.43. The second-order valence-corrected chi connectivity index (χ2v) is 5.67. The molecule has 4 nitrogen and oxygen atoms in total. The van der Waals surface area contributed by atoms with Crippen LogP contribution in [0.1, 0.15) is 21.5 Å². The van der Waals surface area contributed by atoms with Gasteiger partial charge in [0.25, 0.3) is 0 Å². The van der Waals surface area contributed by atoms with Crippen molar-refractivity contribution in [2.75, 3.05) is 0 Å². The first-order chi connectivity index (χ1) is 12.1. The topological polar surface area (TPSA) is 64.7 Å². The number of nitrogens with zero attached hydrogens (tertiary/aromatic N) is 1. The third kappa shape index (κ3) is 4.12. The summed E-state index contributed by atoms with van der Waals surface area (Å²) in [5, 5.41) is 3.74. The summed E-state index contributed by atoms with van der Waals surface area (Å²) >= 11 is 0. The Labute approximate surface area is 146 Å². The van der Waals surface area contributed by atoms with E-state index >= 15 is 0 Å². The molecule has 0 saturated heterocycles. The number of carbonyl (C=O) groups is 1. The maximum atomic E-state index is 12.1. The number of hydrogen-bond donors (Lipinski definition) is 1. The van der Waals surface area contributed by atoms with Gasteiger partial charge in [-0.2, -0.15) is 0 Å². The van der Waals surface area contributed by atoms with Gasteiger partial charge in [-0.3, -0.25) is 0 Å². The van der Waals surface area contributed by atoms with Crippen LogP contribution in [0.2, 0.25) is 0 Å². The molecule has 0 radical (unpaired) electrons. The normalized spacial score (nSPS) is 11.2. The number of nitrogens with two attached hydrogens (primary N) is 1. The van der Waals surface area contributed by atoms with Gasteiger partial charge in [-0.05, 0) is 36.2 Å². The lowest BCUT2D eigenvalue weighted by Crippen LogP contribution is -2.15. The van der Waals surface area contributed by atoms with E-state index in [-0.39, 0.29) is 5.84 Å². The molecule has 0 bridgehead atoms. The standard InChI is InChI=1S/C21H18N2O2/c1-15-6-5-9-19(14-15)20(22)23-25-21(24)18-12-10-17(11-13-18)16-7-3-2-4-8-16/h2-14H,1H3,(H2,22,23). The van der Waals surface area contributed by atoms with Gasteiger partial charge in [-0.15, -0.1) is 0 Å². The fourth-order valence-electron chi connectivity index (χ4n) is 2.43. The maximum absolute atomic E-state index is 12.1. The summed E-state index contributed by atoms with van der Waals surface area (Å²) in [6.07, 6.45) is 0. The first-order valence-corrected chi connectivity index (χ1v) is 7.91. The Morgan fingerprint density at radius 3 is 2.20 bits per heavy atom. The number of carbonyl (C=O) groups excluding carboxylic acids is 1. The van der Waals surface area contributed by atoms with Crippen LogP contribution < -0.4 is 5.73 Å². The third-order valence-corrected chi connectivity index (χ3v) is 3.77. The van der Waals surface area contributed by atoms with Gasteiger partial charge in [0.15, 0.2) is 5.84 Å². The second kappa shape index (κ2) is 7.45. The van der Waals surface area contributed by atoms with Crippen molar-refractivity contribution in [3.05, 3.63) is 95.6 Å². The molecule has 0 unspecified atom stereocenters. The van der Waals surface area contributed by atoms with Crippen LogP contribution in [0, 0.1) is 6.92 Å². The highest BCUT2D eigenvalue weighted by Gasteiger charge is 2.08. The zero-order valence-corrected chi connectivity index (χ0v) is 13.8. The van der Waals surface area contributed by atoms with E-state index in [4.69, 9.17) is 10.6 Å². The molecule has 3 rings (SSSR count). The highest BCUT2D eigenvalue weighted by Crippen LogP contribution is 2.19. The van der Waals surface area contributed by atoms with Crippen molar-refractivity contribution in [2.45, 2.75) is 6.92 Å². The Hall–Kier alpha value is -3.40. The highest BCUT2D eigenvalue weighted by molar-refractivity contribution is 5.98. The van der Waals surface area contributed by atoms with E-state index in [2.05, 4.69) is 5.16 Å². The van der Waals surface area contributed by atoms with Crippen molar-refractivity contribution < 1.29 is 9.63 Å². The summed E-state index contributed by atoms with van der Waals surface area (Å²) in [6.45, 7) is 1.96. The lowest BCUT2D eigenvalue weighted by molar-refractivity contribution is 0.0516. The molecule has 0 atom stereocenters. The molecule has 0 amide bonds. The van der Waals surface area contributed by atoms with Crippen LogP contribution in [0.3, 0.4) is 0 Å². The molecule has 2 N–H and O–H groups in total. The average Bonchev–Trinajstić information content (AvgIpc) is 2.66. The predicted molar refractivity (Wildman–Crippen MR) is 99.2 cm³/mol. The molecule has 3 aromatic carbocycles. The minimum Gasteiger partial charge on any atom is -0.380 e. The number of hydrogen-bond acceptors (Lipinski definition) is 3. The predicted octanol–water partition coefficient (Wildman–Crippen LogP) is 4.14. The summed E-state index contributed by atoms with van der Waals surface area (Å²) in [7, 11) is 0. The summed E-state index contributed by atoms with van der Waals surface area (Å²) in [4.78, 5) is 17.1. The molecule has 3 aromatic rings. The van der Waals surface area contributed by atoms with Crippen LogP contribution >= 0.6 is 0 Å². The Kier molecular flexibility index (Phi) is 4.90. The third-order valence-electron chi connectivity index (χ3n) is 3.77. The van der Waals surface area contributed by atoms with Crippen molar-refractivity contribution in [1.29, 1.82) is 0 Å². The molecule has 0 heterocycles. The minimum absolute atomic E-state index is 0.165. The molecule has 0 spiro atoms. The Bertz CT molecular complexity index is 901. The molecule has 4 heteroatoms. The van der Waals surface area contributed by atoms with Crippen molar-refractivity contribution in [1.82, 2.24) is 0 Å². The van der Waals surface area contributed by atoms with E-state index in [9.17, 15) is 4.79 Å². The van der Waals surface area contributed by atoms with Gasteiger partial charge < -0.3 is 10.6 Å². The van der Waals surface area contributed by atoms with Crippen LogP contribution in [-0.2, 0) is 4.84 Å². The molecule has 0 aliphatic carbocycles. The van der Waals surface area contributed by atoms with Gasteiger partial charge in [-0.1, -0.05) is 71.4 Å². The van der Waals surface area contributed by atoms with Gasteiger partial charge in [0.1, 0.15) is 0 Å². The van der Waals surface area contributed by atoms with Crippen molar-refractivity contribution >= 4 is 11.8 Å². The second-order valence-electron chi connectivity index (χ2n) is 5.67. The largest absolute Gasteiger partial charge is 0.380 e. The Balaban J connectivity index is 1.70. The van der Waals surface area contributed by atoms with E-state index in [0.29, 0.717) is 11.1 Å². The summed E-state index contributed by atoms with van der Waals surface area (Å²) in [5.41, 5.74) is 10.2. The van der Waals surface area contributed by atoms with Gasteiger partial charge in [0, 0.05) is 5.56 Å². The number of oxime groups is 1. The first-order valence-electron chi connectivity index (χ1n) is 7.91. The zero-order chi connectivity index (χ0) is 17.6. The van der Waals surface area contributed by atoms with E-state index in [1.165, 1.54) is 0 Å². The number of rotatable bonds is 4. The highest BCUT2D eigenvalue weighted by atomic mass is 16.7. The van der Waals surface area contributed by atoms with Crippen molar-refractivity contribution in [3.63, 3.8) is 0 Å². The number of amidine groups is 1. The molecule has 0 fully saturated rings. The maximum Gasteiger partial charge on any atom is 0.365 e.